The topological polar surface area (TPSA) is 12.5 Å². The Labute approximate surface area is 84.3 Å². The Morgan fingerprint density at radius 1 is 1.15 bits per heavy atom. The zero-order valence-electron chi connectivity index (χ0n) is 10.3. The minimum Gasteiger partial charge on any atom is -0.381 e. The van der Waals surface area contributed by atoms with Crippen molar-refractivity contribution < 1.29 is 4.74 Å². The highest BCUT2D eigenvalue weighted by Crippen LogP contribution is 2.03. The summed E-state index contributed by atoms with van der Waals surface area (Å²) >= 11 is 0. The molecule has 0 saturated carbocycles. The van der Waals surface area contributed by atoms with Crippen molar-refractivity contribution in [2.45, 2.75) is 34.1 Å². The van der Waals surface area contributed by atoms with Crippen LogP contribution in [0.3, 0.4) is 0 Å². The summed E-state index contributed by atoms with van der Waals surface area (Å²) in [6, 6.07) is 0. The van der Waals surface area contributed by atoms with Crippen molar-refractivity contribution in [2.24, 2.45) is 5.92 Å². The zero-order valence-corrected chi connectivity index (χ0v) is 10.3. The second-order valence-electron chi connectivity index (χ2n) is 3.20. The van der Waals surface area contributed by atoms with Crippen LogP contribution in [0.2, 0.25) is 0 Å². The molecule has 0 aliphatic heterocycles. The molecule has 0 aromatic carbocycles. The van der Waals surface area contributed by atoms with Gasteiger partial charge in [-0.3, -0.25) is 0 Å². The van der Waals surface area contributed by atoms with E-state index < -0.39 is 0 Å². The molecule has 0 rings (SSSR count). The second kappa shape index (κ2) is 11.9. The Kier molecular flexibility index (Phi) is 14.1. The molecular weight excluding hydrogens is 162 g/mol. The second-order valence-corrected chi connectivity index (χ2v) is 3.20. The van der Waals surface area contributed by atoms with Gasteiger partial charge in [0.1, 0.15) is 0 Å². The van der Waals surface area contributed by atoms with Gasteiger partial charge < -0.3 is 9.64 Å². The lowest BCUT2D eigenvalue weighted by atomic mass is 10.1. The van der Waals surface area contributed by atoms with Gasteiger partial charge in [-0.1, -0.05) is 20.8 Å². The van der Waals surface area contributed by atoms with E-state index in [1.807, 2.05) is 20.8 Å². The largest absolute Gasteiger partial charge is 0.381 e. The number of ether oxygens (including phenoxy) is 1. The predicted octanol–water partition coefficient (Wildman–Crippen LogP) is 2.64. The number of nitrogens with zero attached hydrogens (tertiary/aromatic N) is 1. The predicted molar refractivity (Wildman–Crippen MR) is 60.2 cm³/mol. The van der Waals surface area contributed by atoms with E-state index in [4.69, 9.17) is 4.74 Å². The van der Waals surface area contributed by atoms with Crippen LogP contribution in [0.5, 0.6) is 0 Å². The Morgan fingerprint density at radius 2 is 1.69 bits per heavy atom. The van der Waals surface area contributed by atoms with Gasteiger partial charge in [0, 0.05) is 13.2 Å². The third-order valence-electron chi connectivity index (χ3n) is 1.76. The maximum atomic E-state index is 5.36. The fraction of sp³-hybridized carbons (Fsp3) is 1.00. The summed E-state index contributed by atoms with van der Waals surface area (Å²) in [6.07, 6.45) is 1.21. The van der Waals surface area contributed by atoms with Gasteiger partial charge in [0.25, 0.3) is 0 Å². The van der Waals surface area contributed by atoms with E-state index in [9.17, 15) is 0 Å². The van der Waals surface area contributed by atoms with Crippen molar-refractivity contribution in [3.63, 3.8) is 0 Å². The minimum atomic E-state index is 0.699. The van der Waals surface area contributed by atoms with Crippen LogP contribution >= 0.6 is 0 Å². The summed E-state index contributed by atoms with van der Waals surface area (Å²) in [6.45, 7) is 11.1. The van der Waals surface area contributed by atoms with Crippen molar-refractivity contribution in [3.05, 3.63) is 0 Å². The van der Waals surface area contributed by atoms with Crippen LogP contribution in [0.4, 0.5) is 0 Å². The van der Waals surface area contributed by atoms with Crippen molar-refractivity contribution in [2.75, 3.05) is 33.9 Å². The first kappa shape index (κ1) is 15.4. The summed E-state index contributed by atoms with van der Waals surface area (Å²) in [5.41, 5.74) is 0. The summed E-state index contributed by atoms with van der Waals surface area (Å²) in [7, 11) is 4.21. The molecule has 1 unspecified atom stereocenters. The van der Waals surface area contributed by atoms with E-state index in [0.717, 1.165) is 19.8 Å². The van der Waals surface area contributed by atoms with Crippen LogP contribution in [0.15, 0.2) is 0 Å². The normalized spacial score (nSPS) is 12.2. The maximum Gasteiger partial charge on any atom is 0.0506 e. The molecule has 13 heavy (non-hydrogen) atoms. The third-order valence-corrected chi connectivity index (χ3v) is 1.76. The molecule has 82 valence electrons. The van der Waals surface area contributed by atoms with Gasteiger partial charge >= 0.3 is 0 Å². The SMILES string of the molecule is CC.CCOCC(CC)CN(C)C. The quantitative estimate of drug-likeness (QED) is 0.637. The van der Waals surface area contributed by atoms with E-state index in [1.54, 1.807) is 0 Å². The maximum absolute atomic E-state index is 5.36. The van der Waals surface area contributed by atoms with Crippen molar-refractivity contribution >= 4 is 0 Å². The van der Waals surface area contributed by atoms with Gasteiger partial charge in [0.05, 0.1) is 6.61 Å². The van der Waals surface area contributed by atoms with Crippen LogP contribution in [0, 0.1) is 5.92 Å². The van der Waals surface area contributed by atoms with Crippen LogP contribution in [-0.4, -0.2) is 38.8 Å². The first-order valence-electron chi connectivity index (χ1n) is 5.43. The van der Waals surface area contributed by atoms with E-state index >= 15 is 0 Å². The lowest BCUT2D eigenvalue weighted by Crippen LogP contribution is -2.24. The highest BCUT2D eigenvalue weighted by molar-refractivity contribution is 4.58. The Balaban J connectivity index is 0. The van der Waals surface area contributed by atoms with Gasteiger partial charge in [-0.25, -0.2) is 0 Å². The average Bonchev–Trinajstić information content (AvgIpc) is 2.15. The molecule has 0 aliphatic rings. The first-order chi connectivity index (χ1) is 6.20. The molecule has 0 spiro atoms. The minimum absolute atomic E-state index is 0.699. The van der Waals surface area contributed by atoms with E-state index in [0.29, 0.717) is 5.92 Å². The van der Waals surface area contributed by atoms with Crippen molar-refractivity contribution in [1.29, 1.82) is 0 Å². The molecule has 0 fully saturated rings. The Morgan fingerprint density at radius 3 is 2.00 bits per heavy atom. The molecule has 0 N–H and O–H groups in total. The van der Waals surface area contributed by atoms with Gasteiger partial charge in [-0.2, -0.15) is 0 Å². The van der Waals surface area contributed by atoms with Gasteiger partial charge in [-0.15, -0.1) is 0 Å². The standard InChI is InChI=1S/C9H21NO.C2H6/c1-5-9(7-10(3)4)8-11-6-2;1-2/h9H,5-8H2,1-4H3;1-2H3. The van der Waals surface area contributed by atoms with Crippen LogP contribution < -0.4 is 0 Å². The molecule has 0 radical (unpaired) electrons. The number of hydrogen-bond acceptors (Lipinski definition) is 2. The highest BCUT2D eigenvalue weighted by Gasteiger charge is 2.06. The average molecular weight is 189 g/mol. The van der Waals surface area contributed by atoms with Gasteiger partial charge in [0.2, 0.25) is 0 Å². The van der Waals surface area contributed by atoms with Crippen LogP contribution in [0.1, 0.15) is 34.1 Å². The number of rotatable bonds is 6. The van der Waals surface area contributed by atoms with E-state index in [-0.39, 0.29) is 0 Å². The molecule has 2 heteroatoms. The molecule has 0 aromatic heterocycles. The van der Waals surface area contributed by atoms with Crippen LogP contribution in [0.25, 0.3) is 0 Å². The summed E-state index contributed by atoms with van der Waals surface area (Å²) in [4.78, 5) is 2.22. The van der Waals surface area contributed by atoms with Gasteiger partial charge in [-0.05, 0) is 33.4 Å². The molecule has 0 bridgehead atoms. The summed E-state index contributed by atoms with van der Waals surface area (Å²) in [5, 5.41) is 0. The van der Waals surface area contributed by atoms with Gasteiger partial charge in [0.15, 0.2) is 0 Å². The third kappa shape index (κ3) is 11.9. The monoisotopic (exact) mass is 189 g/mol. The lowest BCUT2D eigenvalue weighted by molar-refractivity contribution is 0.0968. The molecule has 0 aromatic rings. The van der Waals surface area contributed by atoms with Crippen LogP contribution in [-0.2, 0) is 4.74 Å². The summed E-state index contributed by atoms with van der Waals surface area (Å²) in [5.74, 6) is 0.699. The van der Waals surface area contributed by atoms with Crippen molar-refractivity contribution in [1.82, 2.24) is 4.90 Å². The number of hydrogen-bond donors (Lipinski definition) is 0. The smallest absolute Gasteiger partial charge is 0.0506 e. The highest BCUT2D eigenvalue weighted by atomic mass is 16.5. The lowest BCUT2D eigenvalue weighted by Gasteiger charge is -2.18. The molecular formula is C11H27NO. The zero-order chi connectivity index (χ0) is 10.7. The van der Waals surface area contributed by atoms with E-state index in [1.165, 1.54) is 6.42 Å². The molecule has 0 heterocycles. The summed E-state index contributed by atoms with van der Waals surface area (Å²) < 4.78 is 5.36. The molecule has 2 nitrogen and oxygen atoms in total. The first-order valence-corrected chi connectivity index (χ1v) is 5.43. The molecule has 0 amide bonds. The molecule has 0 aliphatic carbocycles. The molecule has 0 saturated heterocycles. The van der Waals surface area contributed by atoms with Crippen molar-refractivity contribution in [3.8, 4) is 0 Å². The molecule has 1 atom stereocenters. The Bertz CT molecular complexity index is 84.2. The Hall–Kier alpha value is -0.0800. The van der Waals surface area contributed by atoms with E-state index in [2.05, 4.69) is 25.9 Å². The fourth-order valence-electron chi connectivity index (χ4n) is 1.10. The fourth-order valence-corrected chi connectivity index (χ4v) is 1.10.